The molecular formula is C20H14ClFN4O4. The van der Waals surface area contributed by atoms with Gasteiger partial charge in [-0.25, -0.2) is 9.07 Å². The van der Waals surface area contributed by atoms with E-state index in [1.54, 1.807) is 12.1 Å². The molecule has 10 heteroatoms. The summed E-state index contributed by atoms with van der Waals surface area (Å²) < 4.78 is 19.7. The van der Waals surface area contributed by atoms with Crippen molar-refractivity contribution < 1.29 is 19.0 Å². The second-order valence-electron chi connectivity index (χ2n) is 6.27. The molecule has 3 N–H and O–H groups in total. The first-order valence-electron chi connectivity index (χ1n) is 8.63. The van der Waals surface area contributed by atoms with Gasteiger partial charge in [-0.05, 0) is 42.5 Å². The van der Waals surface area contributed by atoms with Gasteiger partial charge in [0, 0.05) is 5.02 Å². The minimum Gasteiger partial charge on any atom is -0.506 e. The fraction of sp³-hybridized carbons (Fsp3) is 0.0500. The number of aromatic nitrogens is 3. The molecule has 1 amide bonds. The zero-order valence-corrected chi connectivity index (χ0v) is 16.2. The minimum absolute atomic E-state index is 0.141. The summed E-state index contributed by atoms with van der Waals surface area (Å²) in [7, 11) is 1.42. The molecule has 0 aliphatic heterocycles. The van der Waals surface area contributed by atoms with Crippen LogP contribution >= 0.6 is 11.6 Å². The van der Waals surface area contributed by atoms with Crippen molar-refractivity contribution >= 4 is 34.2 Å². The molecule has 8 nitrogen and oxygen atoms in total. The molecule has 0 atom stereocenters. The highest BCUT2D eigenvalue weighted by molar-refractivity contribution is 6.31. The Morgan fingerprint density at radius 1 is 1.27 bits per heavy atom. The number of carbonyl (C=O) groups excluding carboxylic acids is 1. The summed E-state index contributed by atoms with van der Waals surface area (Å²) in [5.74, 6) is -1.50. The molecule has 0 saturated heterocycles. The van der Waals surface area contributed by atoms with E-state index < -0.39 is 28.6 Å². The molecular weight excluding hydrogens is 415 g/mol. The van der Waals surface area contributed by atoms with Gasteiger partial charge in [0.15, 0.2) is 0 Å². The number of halogens is 2. The van der Waals surface area contributed by atoms with Crippen LogP contribution in [0.25, 0.3) is 16.7 Å². The zero-order chi connectivity index (χ0) is 21.4. The average molecular weight is 429 g/mol. The van der Waals surface area contributed by atoms with Gasteiger partial charge in [0.2, 0.25) is 0 Å². The van der Waals surface area contributed by atoms with Crippen molar-refractivity contribution in [2.24, 2.45) is 0 Å². The topological polar surface area (TPSA) is 109 Å². The Balaban J connectivity index is 1.77. The highest BCUT2D eigenvalue weighted by Gasteiger charge is 2.23. The number of aromatic hydroxyl groups is 1. The summed E-state index contributed by atoms with van der Waals surface area (Å²) in [5, 5.41) is 17.7. The van der Waals surface area contributed by atoms with E-state index in [9.17, 15) is 19.1 Å². The number of hydrogen-bond acceptors (Lipinski definition) is 5. The smallest absolute Gasteiger partial charge is 0.266 e. The van der Waals surface area contributed by atoms with Gasteiger partial charge in [-0.3, -0.25) is 9.59 Å². The SMILES string of the molecule is COc1ccc(Cl)cc1NC(=O)c1c(O)c2cnn(-c3ccc(F)cc3)c2[nH]c1=O. The van der Waals surface area contributed by atoms with Gasteiger partial charge in [-0.1, -0.05) is 11.6 Å². The summed E-state index contributed by atoms with van der Waals surface area (Å²) >= 11 is 5.96. The van der Waals surface area contributed by atoms with Gasteiger partial charge in [0.1, 0.15) is 28.5 Å². The van der Waals surface area contributed by atoms with Crippen molar-refractivity contribution in [1.82, 2.24) is 14.8 Å². The fourth-order valence-corrected chi connectivity index (χ4v) is 3.18. The van der Waals surface area contributed by atoms with Crippen LogP contribution in [-0.4, -0.2) is 32.9 Å². The number of amides is 1. The molecule has 0 saturated carbocycles. The van der Waals surface area contributed by atoms with Crippen LogP contribution in [0.2, 0.25) is 5.02 Å². The molecule has 0 aliphatic carbocycles. The predicted molar refractivity (Wildman–Crippen MR) is 109 cm³/mol. The Morgan fingerprint density at radius 2 is 2.00 bits per heavy atom. The van der Waals surface area contributed by atoms with E-state index in [0.717, 1.165) is 0 Å². The van der Waals surface area contributed by atoms with Gasteiger partial charge < -0.3 is 20.1 Å². The third-order valence-corrected chi connectivity index (χ3v) is 4.66. The number of nitrogens with one attached hydrogen (secondary N) is 2. The number of rotatable bonds is 4. The standard InChI is InChI=1S/C20H14ClFN4O4/c1-30-15-7-2-10(21)8-14(15)24-19(28)16-17(27)13-9-23-26(18(13)25-20(16)29)12-5-3-11(22)4-6-12/h2-9H,1H3,(H,24,28)(H2,25,27,29). The van der Waals surface area contributed by atoms with Crippen LogP contribution in [0.15, 0.2) is 53.5 Å². The minimum atomic E-state index is -0.856. The van der Waals surface area contributed by atoms with E-state index in [2.05, 4.69) is 15.4 Å². The number of carbonyl (C=O) groups is 1. The summed E-state index contributed by atoms with van der Waals surface area (Å²) in [6.45, 7) is 0. The van der Waals surface area contributed by atoms with Crippen LogP contribution in [0.3, 0.4) is 0 Å². The molecule has 2 aromatic heterocycles. The van der Waals surface area contributed by atoms with Crippen molar-refractivity contribution in [1.29, 1.82) is 0 Å². The van der Waals surface area contributed by atoms with Crippen LogP contribution in [-0.2, 0) is 0 Å². The van der Waals surface area contributed by atoms with Gasteiger partial charge in [0.25, 0.3) is 11.5 Å². The summed E-state index contributed by atoms with van der Waals surface area (Å²) in [5.41, 5.74) is -0.482. The van der Waals surface area contributed by atoms with E-state index in [-0.39, 0.29) is 16.7 Å². The first kappa shape index (κ1) is 19.5. The first-order valence-corrected chi connectivity index (χ1v) is 9.00. The number of nitrogens with zero attached hydrogens (tertiary/aromatic N) is 2. The van der Waals surface area contributed by atoms with Crippen molar-refractivity contribution in [3.8, 4) is 17.2 Å². The second kappa shape index (κ2) is 7.53. The van der Waals surface area contributed by atoms with Crippen LogP contribution in [0.1, 0.15) is 10.4 Å². The number of anilines is 1. The maximum atomic E-state index is 13.2. The molecule has 0 radical (unpaired) electrons. The highest BCUT2D eigenvalue weighted by atomic mass is 35.5. The quantitative estimate of drug-likeness (QED) is 0.461. The summed E-state index contributed by atoms with van der Waals surface area (Å²) in [4.78, 5) is 27.9. The lowest BCUT2D eigenvalue weighted by atomic mass is 10.2. The molecule has 0 bridgehead atoms. The number of methoxy groups -OCH3 is 1. The van der Waals surface area contributed by atoms with Crippen LogP contribution < -0.4 is 15.6 Å². The highest BCUT2D eigenvalue weighted by Crippen LogP contribution is 2.30. The number of H-pyrrole nitrogens is 1. The Labute approximate surface area is 173 Å². The first-order chi connectivity index (χ1) is 14.4. The van der Waals surface area contributed by atoms with E-state index in [4.69, 9.17) is 16.3 Å². The predicted octanol–water partition coefficient (Wildman–Crippen LogP) is 3.47. The number of benzene rings is 2. The Kier molecular flexibility index (Phi) is 4.88. The second-order valence-corrected chi connectivity index (χ2v) is 6.71. The molecule has 2 aromatic carbocycles. The molecule has 4 rings (SSSR count). The Morgan fingerprint density at radius 3 is 2.70 bits per heavy atom. The maximum absolute atomic E-state index is 13.2. The Bertz CT molecular complexity index is 1330. The zero-order valence-electron chi connectivity index (χ0n) is 15.4. The van der Waals surface area contributed by atoms with Gasteiger partial charge in [0.05, 0.1) is 30.1 Å². The van der Waals surface area contributed by atoms with Crippen molar-refractivity contribution in [2.45, 2.75) is 0 Å². The number of hydrogen-bond donors (Lipinski definition) is 3. The lowest BCUT2D eigenvalue weighted by molar-refractivity contribution is 0.102. The molecule has 0 spiro atoms. The van der Waals surface area contributed by atoms with Crippen molar-refractivity contribution in [3.05, 3.63) is 75.4 Å². The number of fused-ring (bicyclic) bond motifs is 1. The van der Waals surface area contributed by atoms with Crippen LogP contribution in [0.4, 0.5) is 10.1 Å². The largest absolute Gasteiger partial charge is 0.506 e. The monoisotopic (exact) mass is 428 g/mol. The van der Waals surface area contributed by atoms with E-state index >= 15 is 0 Å². The van der Waals surface area contributed by atoms with Gasteiger partial charge >= 0.3 is 0 Å². The van der Waals surface area contributed by atoms with Gasteiger partial charge in [-0.15, -0.1) is 0 Å². The van der Waals surface area contributed by atoms with E-state index in [1.807, 2.05) is 0 Å². The van der Waals surface area contributed by atoms with E-state index in [1.165, 1.54) is 48.3 Å². The van der Waals surface area contributed by atoms with Crippen LogP contribution in [0, 0.1) is 5.82 Å². The van der Waals surface area contributed by atoms with Gasteiger partial charge in [-0.2, -0.15) is 5.10 Å². The normalized spacial score (nSPS) is 10.9. The molecule has 2 heterocycles. The lowest BCUT2D eigenvalue weighted by Crippen LogP contribution is -2.24. The third-order valence-electron chi connectivity index (χ3n) is 4.43. The third kappa shape index (κ3) is 3.35. The molecule has 0 aliphatic rings. The number of ether oxygens (including phenoxy) is 1. The lowest BCUT2D eigenvalue weighted by Gasteiger charge is -2.11. The molecule has 30 heavy (non-hydrogen) atoms. The number of aromatic amines is 1. The van der Waals surface area contributed by atoms with Crippen LogP contribution in [0.5, 0.6) is 11.5 Å². The van der Waals surface area contributed by atoms with E-state index in [0.29, 0.717) is 16.5 Å². The average Bonchev–Trinajstić information content (AvgIpc) is 3.13. The fourth-order valence-electron chi connectivity index (χ4n) is 3.01. The molecule has 0 unspecified atom stereocenters. The van der Waals surface area contributed by atoms with Crippen molar-refractivity contribution in [3.63, 3.8) is 0 Å². The Hall–Kier alpha value is -3.85. The maximum Gasteiger partial charge on any atom is 0.266 e. The molecule has 4 aromatic rings. The molecule has 152 valence electrons. The molecule has 0 fully saturated rings. The summed E-state index contributed by atoms with van der Waals surface area (Å²) in [6.07, 6.45) is 1.29. The van der Waals surface area contributed by atoms with Crippen molar-refractivity contribution in [2.75, 3.05) is 12.4 Å². The summed E-state index contributed by atoms with van der Waals surface area (Å²) in [6, 6.07) is 9.98. The number of pyridine rings is 1.